The van der Waals surface area contributed by atoms with Crippen molar-refractivity contribution in [2.75, 3.05) is 19.8 Å². The van der Waals surface area contributed by atoms with Gasteiger partial charge in [-0.3, -0.25) is 0 Å². The van der Waals surface area contributed by atoms with E-state index in [9.17, 15) is 0 Å². The molecule has 0 amide bonds. The van der Waals surface area contributed by atoms with Crippen molar-refractivity contribution >= 4 is 8.60 Å². The van der Waals surface area contributed by atoms with Crippen molar-refractivity contribution in [3.05, 3.63) is 0 Å². The van der Waals surface area contributed by atoms with Gasteiger partial charge in [0.25, 0.3) is 0 Å². The first-order chi connectivity index (χ1) is 20.8. The van der Waals surface area contributed by atoms with E-state index in [1.165, 1.54) is 186 Å². The molecule has 254 valence electrons. The maximum absolute atomic E-state index is 6.13. The molecule has 0 fully saturated rings. The first-order valence-corrected chi connectivity index (χ1v) is 20.6. The third-order valence-corrected chi connectivity index (χ3v) is 9.76. The second-order valence-electron chi connectivity index (χ2n) is 13.0. The highest BCUT2D eigenvalue weighted by molar-refractivity contribution is 7.41. The summed E-state index contributed by atoms with van der Waals surface area (Å²) in [5.74, 6) is 0. The summed E-state index contributed by atoms with van der Waals surface area (Å²) >= 11 is 0. The molecule has 0 aliphatic carbocycles. The van der Waals surface area contributed by atoms with Crippen molar-refractivity contribution in [1.82, 2.24) is 0 Å². The minimum atomic E-state index is -1.17. The molecule has 0 bridgehead atoms. The Hall–Kier alpha value is 0.310. The molecule has 0 rings (SSSR count). The fourth-order valence-electron chi connectivity index (χ4n) is 5.65. The molecule has 3 nitrogen and oxygen atoms in total. The van der Waals surface area contributed by atoms with Gasteiger partial charge in [0.2, 0.25) is 0 Å². The molecule has 0 aromatic rings. The van der Waals surface area contributed by atoms with E-state index in [0.29, 0.717) is 0 Å². The van der Waals surface area contributed by atoms with Crippen LogP contribution in [-0.2, 0) is 13.6 Å². The summed E-state index contributed by atoms with van der Waals surface area (Å²) < 4.78 is 18.3. The molecule has 0 aliphatic heterocycles. The highest BCUT2D eigenvalue weighted by Crippen LogP contribution is 2.40. The van der Waals surface area contributed by atoms with Crippen LogP contribution in [0, 0.1) is 0 Å². The maximum atomic E-state index is 6.13. The van der Waals surface area contributed by atoms with Crippen LogP contribution in [-0.4, -0.2) is 19.8 Å². The molecule has 0 heterocycles. The third kappa shape index (κ3) is 36.5. The van der Waals surface area contributed by atoms with Crippen LogP contribution >= 0.6 is 8.60 Å². The van der Waals surface area contributed by atoms with E-state index in [-0.39, 0.29) is 0 Å². The highest BCUT2D eigenvalue weighted by Gasteiger charge is 2.12. The van der Waals surface area contributed by atoms with Gasteiger partial charge in [0.15, 0.2) is 0 Å². The quantitative estimate of drug-likeness (QED) is 0.0511. The van der Waals surface area contributed by atoms with Crippen LogP contribution in [0.25, 0.3) is 0 Å². The monoisotopic (exact) mass is 615 g/mol. The van der Waals surface area contributed by atoms with E-state index in [1.807, 2.05) is 0 Å². The number of unbranched alkanes of at least 4 members (excludes halogenated alkanes) is 29. The zero-order chi connectivity index (χ0) is 30.4. The summed E-state index contributed by atoms with van der Waals surface area (Å²) in [6.45, 7) is 9.24. The van der Waals surface area contributed by atoms with Crippen LogP contribution in [0.4, 0.5) is 0 Å². The van der Waals surface area contributed by atoms with E-state index in [4.69, 9.17) is 13.6 Å². The summed E-state index contributed by atoms with van der Waals surface area (Å²) in [5, 5.41) is 0. The molecule has 0 spiro atoms. The molecule has 0 saturated heterocycles. The Bertz CT molecular complexity index is 440. The Morgan fingerprint density at radius 1 is 0.238 bits per heavy atom. The maximum Gasteiger partial charge on any atom is 0.332 e. The predicted molar refractivity (Wildman–Crippen MR) is 190 cm³/mol. The average Bonchev–Trinajstić information content (AvgIpc) is 3.00. The van der Waals surface area contributed by atoms with Crippen molar-refractivity contribution in [2.45, 2.75) is 226 Å². The lowest BCUT2D eigenvalue weighted by atomic mass is 10.0. The SMILES string of the molecule is CCCCCCCCCCCCCCCCCCOP(OCCCCCCCCCC)OCCCCCCCCCC. The van der Waals surface area contributed by atoms with Gasteiger partial charge in [-0.25, -0.2) is 0 Å². The predicted octanol–water partition coefficient (Wildman–Crippen LogP) is 14.8. The van der Waals surface area contributed by atoms with Gasteiger partial charge < -0.3 is 13.6 Å². The Morgan fingerprint density at radius 2 is 0.405 bits per heavy atom. The Kier molecular flexibility index (Phi) is 39.6. The van der Waals surface area contributed by atoms with Crippen molar-refractivity contribution in [3.63, 3.8) is 0 Å². The molecule has 0 saturated carbocycles. The normalized spacial score (nSPS) is 11.7. The highest BCUT2D eigenvalue weighted by atomic mass is 31.2. The molecule has 0 atom stereocenters. The number of hydrogen-bond acceptors (Lipinski definition) is 3. The molecule has 0 aromatic carbocycles. The van der Waals surface area contributed by atoms with Gasteiger partial charge in [0.1, 0.15) is 0 Å². The molecule has 0 radical (unpaired) electrons. The molecular weight excluding hydrogens is 535 g/mol. The fraction of sp³-hybridized carbons (Fsp3) is 1.00. The average molecular weight is 615 g/mol. The molecule has 42 heavy (non-hydrogen) atoms. The van der Waals surface area contributed by atoms with E-state index in [1.54, 1.807) is 0 Å². The summed E-state index contributed by atoms with van der Waals surface area (Å²) in [6, 6.07) is 0. The summed E-state index contributed by atoms with van der Waals surface area (Å²) in [6.07, 6.45) is 43.7. The lowest BCUT2D eigenvalue weighted by Gasteiger charge is -2.17. The zero-order valence-electron chi connectivity index (χ0n) is 29.4. The van der Waals surface area contributed by atoms with E-state index in [2.05, 4.69) is 20.8 Å². The smallest absolute Gasteiger partial charge is 0.312 e. The molecule has 0 aromatic heterocycles. The van der Waals surface area contributed by atoms with Gasteiger partial charge in [0.05, 0.1) is 19.8 Å². The van der Waals surface area contributed by atoms with E-state index >= 15 is 0 Å². The minimum Gasteiger partial charge on any atom is -0.312 e. The summed E-state index contributed by atoms with van der Waals surface area (Å²) in [5.41, 5.74) is 0. The van der Waals surface area contributed by atoms with Gasteiger partial charge in [0, 0.05) is 0 Å². The van der Waals surface area contributed by atoms with Crippen LogP contribution in [0.1, 0.15) is 226 Å². The van der Waals surface area contributed by atoms with Gasteiger partial charge in [-0.15, -0.1) is 0 Å². The number of hydrogen-bond donors (Lipinski definition) is 0. The largest absolute Gasteiger partial charge is 0.332 e. The Morgan fingerprint density at radius 3 is 0.595 bits per heavy atom. The second-order valence-corrected chi connectivity index (χ2v) is 14.2. The Labute approximate surface area is 267 Å². The number of rotatable bonds is 38. The van der Waals surface area contributed by atoms with Crippen LogP contribution in [0.15, 0.2) is 0 Å². The van der Waals surface area contributed by atoms with E-state index in [0.717, 1.165) is 39.1 Å². The van der Waals surface area contributed by atoms with Crippen LogP contribution in [0.5, 0.6) is 0 Å². The second kappa shape index (κ2) is 39.3. The van der Waals surface area contributed by atoms with Gasteiger partial charge in [-0.2, -0.15) is 0 Å². The zero-order valence-corrected chi connectivity index (χ0v) is 30.3. The van der Waals surface area contributed by atoms with E-state index < -0.39 is 8.60 Å². The molecular formula is C38H79O3P. The molecule has 0 aliphatic rings. The van der Waals surface area contributed by atoms with Crippen molar-refractivity contribution in [2.24, 2.45) is 0 Å². The van der Waals surface area contributed by atoms with Crippen LogP contribution in [0.3, 0.4) is 0 Å². The van der Waals surface area contributed by atoms with Gasteiger partial charge in [-0.1, -0.05) is 207 Å². The first-order valence-electron chi connectivity index (χ1n) is 19.5. The molecule has 0 unspecified atom stereocenters. The lowest BCUT2D eigenvalue weighted by Crippen LogP contribution is -2.00. The fourth-order valence-corrected chi connectivity index (χ4v) is 6.71. The molecule has 4 heteroatoms. The standard InChI is InChI=1S/C38H79O3P/c1-4-7-10-13-16-19-20-21-22-23-24-25-26-29-32-35-38-41-42(39-36-33-30-27-17-14-11-8-5-2)40-37-34-31-28-18-15-12-9-6-3/h4-38H2,1-3H3. The minimum absolute atomic E-state index is 0.789. The van der Waals surface area contributed by atoms with Crippen molar-refractivity contribution < 1.29 is 13.6 Å². The Balaban J connectivity index is 3.78. The topological polar surface area (TPSA) is 27.7 Å². The summed E-state index contributed by atoms with van der Waals surface area (Å²) in [4.78, 5) is 0. The van der Waals surface area contributed by atoms with Gasteiger partial charge in [-0.05, 0) is 19.3 Å². The first kappa shape index (κ1) is 42.3. The third-order valence-electron chi connectivity index (χ3n) is 8.58. The van der Waals surface area contributed by atoms with Crippen LogP contribution < -0.4 is 0 Å². The lowest BCUT2D eigenvalue weighted by molar-refractivity contribution is 0.153. The van der Waals surface area contributed by atoms with Crippen molar-refractivity contribution in [1.29, 1.82) is 0 Å². The van der Waals surface area contributed by atoms with Gasteiger partial charge >= 0.3 is 8.60 Å². The molecule has 0 N–H and O–H groups in total. The van der Waals surface area contributed by atoms with Crippen LogP contribution in [0.2, 0.25) is 0 Å². The summed E-state index contributed by atoms with van der Waals surface area (Å²) in [7, 11) is -1.17. The van der Waals surface area contributed by atoms with Crippen molar-refractivity contribution in [3.8, 4) is 0 Å².